The number of carbonyl (C=O) groups excluding carboxylic acids is 1. The average Bonchev–Trinajstić information content (AvgIpc) is 2.65. The zero-order chi connectivity index (χ0) is 22.3. The smallest absolute Gasteiger partial charge is 0.243 e. The van der Waals surface area contributed by atoms with Crippen LogP contribution >= 0.6 is 11.8 Å². The molecule has 0 unspecified atom stereocenters. The van der Waals surface area contributed by atoms with Gasteiger partial charge in [0.05, 0.1) is 11.9 Å². The highest BCUT2D eigenvalue weighted by Crippen LogP contribution is 2.25. The fourth-order valence-corrected chi connectivity index (χ4v) is 5.39. The number of amides is 1. The van der Waals surface area contributed by atoms with Crippen molar-refractivity contribution in [3.8, 4) is 0 Å². The number of sulfonamides is 1. The lowest BCUT2D eigenvalue weighted by atomic mass is 10.1. The monoisotopic (exact) mass is 448 g/mol. The number of anilines is 1. The lowest BCUT2D eigenvalue weighted by molar-refractivity contribution is -0.122. The van der Waals surface area contributed by atoms with E-state index in [1.165, 1.54) is 15.4 Å². The Hall–Kier alpha value is -1.99. The van der Waals surface area contributed by atoms with Crippen molar-refractivity contribution >= 4 is 33.4 Å². The normalized spacial score (nSPS) is 12.4. The molecule has 2 rings (SSSR count). The molecule has 1 atom stereocenters. The number of thioether (sulfide) groups is 1. The van der Waals surface area contributed by atoms with Crippen LogP contribution in [0.4, 0.5) is 5.69 Å². The first-order valence-corrected chi connectivity index (χ1v) is 13.1. The summed E-state index contributed by atoms with van der Waals surface area (Å²) in [6, 6.07) is 13.2. The Balaban J connectivity index is 2.00. The van der Waals surface area contributed by atoms with Crippen molar-refractivity contribution < 1.29 is 13.2 Å². The number of carbonyl (C=O) groups is 1. The van der Waals surface area contributed by atoms with E-state index in [1.54, 1.807) is 23.9 Å². The SMILES string of the molecule is CC[C@H](C(=O)NCCSCc1ccc(C)cc1)N(c1cc(C)cc(C)c1)S(C)(=O)=O. The summed E-state index contributed by atoms with van der Waals surface area (Å²) in [5, 5.41) is 2.91. The van der Waals surface area contributed by atoms with E-state index in [1.807, 2.05) is 26.8 Å². The van der Waals surface area contributed by atoms with Gasteiger partial charge in [-0.3, -0.25) is 9.10 Å². The Morgan fingerprint density at radius 3 is 2.17 bits per heavy atom. The molecule has 7 heteroatoms. The maximum atomic E-state index is 12.8. The van der Waals surface area contributed by atoms with Gasteiger partial charge in [0.2, 0.25) is 15.9 Å². The molecular weight excluding hydrogens is 416 g/mol. The van der Waals surface area contributed by atoms with Crippen LogP contribution in [-0.4, -0.2) is 38.9 Å². The molecule has 2 aromatic rings. The van der Waals surface area contributed by atoms with Gasteiger partial charge in [0, 0.05) is 18.1 Å². The minimum Gasteiger partial charge on any atom is -0.353 e. The summed E-state index contributed by atoms with van der Waals surface area (Å²) in [5.74, 6) is 1.38. The van der Waals surface area contributed by atoms with Crippen LogP contribution in [0.25, 0.3) is 0 Å². The predicted octanol–water partition coefficient (Wildman–Crippen LogP) is 4.21. The van der Waals surface area contributed by atoms with Gasteiger partial charge in [-0.2, -0.15) is 11.8 Å². The fraction of sp³-hybridized carbons (Fsp3) is 0.435. The summed E-state index contributed by atoms with van der Waals surface area (Å²) < 4.78 is 26.4. The van der Waals surface area contributed by atoms with Gasteiger partial charge in [-0.05, 0) is 56.0 Å². The van der Waals surface area contributed by atoms with Gasteiger partial charge >= 0.3 is 0 Å². The van der Waals surface area contributed by atoms with E-state index in [0.29, 0.717) is 18.7 Å². The van der Waals surface area contributed by atoms with E-state index in [2.05, 4.69) is 36.5 Å². The zero-order valence-corrected chi connectivity index (χ0v) is 20.1. The third-order valence-electron chi connectivity index (χ3n) is 4.73. The third-order valence-corrected chi connectivity index (χ3v) is 6.94. The van der Waals surface area contributed by atoms with Gasteiger partial charge in [-0.25, -0.2) is 8.42 Å². The summed E-state index contributed by atoms with van der Waals surface area (Å²) in [6.45, 7) is 8.23. The molecule has 1 amide bonds. The Kier molecular flexibility index (Phi) is 8.79. The van der Waals surface area contributed by atoms with Gasteiger partial charge in [0.1, 0.15) is 6.04 Å². The van der Waals surface area contributed by atoms with Crippen molar-refractivity contribution in [2.75, 3.05) is 22.9 Å². The molecule has 30 heavy (non-hydrogen) atoms. The fourth-order valence-electron chi connectivity index (χ4n) is 3.38. The number of hydrogen-bond acceptors (Lipinski definition) is 4. The van der Waals surface area contributed by atoms with Crippen LogP contribution in [0.1, 0.15) is 35.6 Å². The average molecular weight is 449 g/mol. The van der Waals surface area contributed by atoms with Crippen LogP contribution in [-0.2, 0) is 20.6 Å². The molecule has 0 saturated carbocycles. The lowest BCUT2D eigenvalue weighted by Gasteiger charge is -2.30. The van der Waals surface area contributed by atoms with E-state index in [0.717, 1.165) is 28.9 Å². The number of nitrogens with zero attached hydrogens (tertiary/aromatic N) is 1. The molecule has 0 bridgehead atoms. The van der Waals surface area contributed by atoms with Crippen LogP contribution in [0.15, 0.2) is 42.5 Å². The number of aryl methyl sites for hydroxylation is 3. The first-order chi connectivity index (χ1) is 14.1. The first-order valence-electron chi connectivity index (χ1n) is 10.1. The number of benzene rings is 2. The molecule has 0 aliphatic rings. The molecule has 2 aromatic carbocycles. The van der Waals surface area contributed by atoms with E-state index in [9.17, 15) is 13.2 Å². The second kappa shape index (κ2) is 10.9. The summed E-state index contributed by atoms with van der Waals surface area (Å²) >= 11 is 1.74. The number of hydrogen-bond donors (Lipinski definition) is 1. The Labute approximate surface area is 185 Å². The lowest BCUT2D eigenvalue weighted by Crippen LogP contribution is -2.49. The van der Waals surface area contributed by atoms with E-state index in [4.69, 9.17) is 0 Å². The highest BCUT2D eigenvalue weighted by atomic mass is 32.2. The molecule has 1 N–H and O–H groups in total. The molecule has 164 valence electrons. The molecule has 0 aliphatic carbocycles. The van der Waals surface area contributed by atoms with E-state index < -0.39 is 16.1 Å². The first kappa shape index (κ1) is 24.3. The molecule has 0 fully saturated rings. The molecule has 0 aromatic heterocycles. The summed E-state index contributed by atoms with van der Waals surface area (Å²) in [7, 11) is -3.62. The van der Waals surface area contributed by atoms with Crippen molar-refractivity contribution in [3.05, 3.63) is 64.7 Å². The maximum Gasteiger partial charge on any atom is 0.243 e. The minimum absolute atomic E-state index is 0.266. The molecule has 0 aliphatic heterocycles. The van der Waals surface area contributed by atoms with Gasteiger partial charge in [-0.1, -0.05) is 42.8 Å². The summed E-state index contributed by atoms with van der Waals surface area (Å²) in [5.41, 5.74) is 4.94. The van der Waals surface area contributed by atoms with Crippen LogP contribution in [0.3, 0.4) is 0 Å². The highest BCUT2D eigenvalue weighted by Gasteiger charge is 2.31. The second-order valence-corrected chi connectivity index (χ2v) is 10.6. The Bertz CT molecular complexity index is 937. The summed E-state index contributed by atoms with van der Waals surface area (Å²) in [6.07, 6.45) is 1.54. The van der Waals surface area contributed by atoms with E-state index in [-0.39, 0.29) is 5.91 Å². The maximum absolute atomic E-state index is 12.8. The Morgan fingerprint density at radius 1 is 1.03 bits per heavy atom. The van der Waals surface area contributed by atoms with Gasteiger partial charge in [0.25, 0.3) is 0 Å². The minimum atomic E-state index is -3.62. The van der Waals surface area contributed by atoms with E-state index >= 15 is 0 Å². The third kappa shape index (κ3) is 7.06. The van der Waals surface area contributed by atoms with Crippen LogP contribution < -0.4 is 9.62 Å². The predicted molar refractivity (Wildman–Crippen MR) is 128 cm³/mol. The van der Waals surface area contributed by atoms with Crippen molar-refractivity contribution in [1.82, 2.24) is 5.32 Å². The zero-order valence-electron chi connectivity index (χ0n) is 18.4. The van der Waals surface area contributed by atoms with Crippen molar-refractivity contribution in [3.63, 3.8) is 0 Å². The van der Waals surface area contributed by atoms with Crippen LogP contribution in [0.5, 0.6) is 0 Å². The summed E-state index contributed by atoms with van der Waals surface area (Å²) in [4.78, 5) is 12.8. The molecule has 0 heterocycles. The largest absolute Gasteiger partial charge is 0.353 e. The van der Waals surface area contributed by atoms with Gasteiger partial charge in [-0.15, -0.1) is 0 Å². The standard InChI is InChI=1S/C23H32N2O3S2/c1-6-22(25(30(5,27)28)21-14-18(3)13-19(4)15-21)23(26)24-11-12-29-16-20-9-7-17(2)8-10-20/h7-10,13-15,22H,6,11-12,16H2,1-5H3,(H,24,26)/t22-/m1/s1. The quantitative estimate of drug-likeness (QED) is 0.553. The molecule has 0 saturated heterocycles. The molecular formula is C23H32N2O3S2. The van der Waals surface area contributed by atoms with Gasteiger partial charge < -0.3 is 5.32 Å². The van der Waals surface area contributed by atoms with Crippen molar-refractivity contribution in [2.24, 2.45) is 0 Å². The topological polar surface area (TPSA) is 66.5 Å². The molecule has 0 radical (unpaired) electrons. The van der Waals surface area contributed by atoms with Crippen LogP contribution in [0, 0.1) is 20.8 Å². The Morgan fingerprint density at radius 2 is 1.63 bits per heavy atom. The molecule has 5 nitrogen and oxygen atoms in total. The molecule has 0 spiro atoms. The second-order valence-electron chi connectivity index (χ2n) is 7.66. The number of nitrogens with one attached hydrogen (secondary N) is 1. The van der Waals surface area contributed by atoms with Gasteiger partial charge in [0.15, 0.2) is 0 Å². The van der Waals surface area contributed by atoms with Crippen molar-refractivity contribution in [1.29, 1.82) is 0 Å². The highest BCUT2D eigenvalue weighted by molar-refractivity contribution is 7.98. The number of rotatable bonds is 10. The van der Waals surface area contributed by atoms with Crippen molar-refractivity contribution in [2.45, 2.75) is 45.9 Å². The van der Waals surface area contributed by atoms with Crippen LogP contribution in [0.2, 0.25) is 0 Å².